The summed E-state index contributed by atoms with van der Waals surface area (Å²) in [5.74, 6) is 0.936. The van der Waals surface area contributed by atoms with Gasteiger partial charge in [0.1, 0.15) is 0 Å². The first-order valence-electron chi connectivity index (χ1n) is 6.35. The fourth-order valence-corrected chi connectivity index (χ4v) is 2.40. The molecule has 0 aromatic rings. The van der Waals surface area contributed by atoms with E-state index in [0.29, 0.717) is 5.92 Å². The maximum absolute atomic E-state index is 11.9. The number of Topliss-reactive ketones (excluding diaryl/α,β-unsaturated/α-hetero) is 1. The van der Waals surface area contributed by atoms with Gasteiger partial charge in [-0.1, -0.05) is 20.3 Å². The van der Waals surface area contributed by atoms with Gasteiger partial charge in [-0.25, -0.2) is 0 Å². The van der Waals surface area contributed by atoms with Crippen molar-refractivity contribution in [1.29, 1.82) is 0 Å². The number of ketones is 1. The van der Waals surface area contributed by atoms with Gasteiger partial charge in [0, 0.05) is 5.92 Å². The van der Waals surface area contributed by atoms with Crippen LogP contribution in [0.25, 0.3) is 0 Å². The second-order valence-corrected chi connectivity index (χ2v) is 5.08. The van der Waals surface area contributed by atoms with Crippen molar-refractivity contribution in [1.82, 2.24) is 5.32 Å². The summed E-state index contributed by atoms with van der Waals surface area (Å²) in [6.45, 7) is 5.76. The number of nitrogens with one attached hydrogen (secondary N) is 1. The van der Waals surface area contributed by atoms with E-state index in [4.69, 9.17) is 0 Å². The summed E-state index contributed by atoms with van der Waals surface area (Å²) in [7, 11) is 0. The highest BCUT2D eigenvalue weighted by Gasteiger charge is 2.29. The van der Waals surface area contributed by atoms with Crippen LogP contribution in [0.5, 0.6) is 0 Å². The molecule has 1 unspecified atom stereocenters. The molecule has 3 heteroatoms. The molecule has 1 fully saturated rings. The van der Waals surface area contributed by atoms with Crippen LogP contribution < -0.4 is 5.32 Å². The Kier molecular flexibility index (Phi) is 4.97. The van der Waals surface area contributed by atoms with Crippen molar-refractivity contribution < 1.29 is 9.59 Å². The Bertz CT molecular complexity index is 263. The number of amides is 1. The van der Waals surface area contributed by atoms with Crippen LogP contribution in [0, 0.1) is 11.8 Å². The Morgan fingerprint density at radius 2 is 2.06 bits per heavy atom. The van der Waals surface area contributed by atoms with Crippen LogP contribution in [0.3, 0.4) is 0 Å². The predicted octanol–water partition coefficient (Wildman–Crippen LogP) is 2.30. The molecule has 1 amide bonds. The highest BCUT2D eigenvalue weighted by molar-refractivity contribution is 5.88. The van der Waals surface area contributed by atoms with E-state index in [1.54, 1.807) is 6.92 Å². The quantitative estimate of drug-likeness (QED) is 0.780. The van der Waals surface area contributed by atoms with E-state index in [-0.39, 0.29) is 23.7 Å². The molecule has 1 saturated carbocycles. The second-order valence-electron chi connectivity index (χ2n) is 5.08. The molecule has 0 saturated heterocycles. The third-order valence-corrected chi connectivity index (χ3v) is 3.45. The van der Waals surface area contributed by atoms with E-state index < -0.39 is 0 Å². The summed E-state index contributed by atoms with van der Waals surface area (Å²) < 4.78 is 0. The van der Waals surface area contributed by atoms with Gasteiger partial charge in [-0.15, -0.1) is 0 Å². The summed E-state index contributed by atoms with van der Waals surface area (Å²) in [6, 6.07) is -0.270. The van der Waals surface area contributed by atoms with Crippen LogP contribution in [0.4, 0.5) is 0 Å². The van der Waals surface area contributed by atoms with Crippen LogP contribution in [0.15, 0.2) is 0 Å². The molecule has 0 aromatic carbocycles. The Balaban J connectivity index is 2.45. The summed E-state index contributed by atoms with van der Waals surface area (Å²) in [4.78, 5) is 23.3. The van der Waals surface area contributed by atoms with Crippen LogP contribution in [-0.2, 0) is 9.59 Å². The predicted molar refractivity (Wildman–Crippen MR) is 64.0 cm³/mol. The van der Waals surface area contributed by atoms with Crippen molar-refractivity contribution in [3.05, 3.63) is 0 Å². The Hall–Kier alpha value is -0.860. The first-order chi connectivity index (χ1) is 7.54. The van der Waals surface area contributed by atoms with Gasteiger partial charge in [0.25, 0.3) is 0 Å². The lowest BCUT2D eigenvalue weighted by Crippen LogP contribution is -2.42. The van der Waals surface area contributed by atoms with E-state index >= 15 is 0 Å². The highest BCUT2D eigenvalue weighted by atomic mass is 16.2. The van der Waals surface area contributed by atoms with Crippen molar-refractivity contribution in [2.75, 3.05) is 0 Å². The molecule has 1 aliphatic carbocycles. The summed E-state index contributed by atoms with van der Waals surface area (Å²) in [5.41, 5.74) is 0. The molecule has 0 spiro atoms. The zero-order chi connectivity index (χ0) is 12.1. The van der Waals surface area contributed by atoms with E-state index in [0.717, 1.165) is 32.1 Å². The van der Waals surface area contributed by atoms with Crippen molar-refractivity contribution >= 4 is 11.7 Å². The van der Waals surface area contributed by atoms with E-state index in [9.17, 15) is 9.59 Å². The molecule has 0 radical (unpaired) electrons. The fraction of sp³-hybridized carbons (Fsp3) is 0.846. The molecule has 0 aliphatic heterocycles. The normalized spacial score (nSPS) is 26.4. The van der Waals surface area contributed by atoms with Gasteiger partial charge in [0.05, 0.1) is 6.04 Å². The lowest BCUT2D eigenvalue weighted by molar-refractivity contribution is -0.129. The Labute approximate surface area is 98.0 Å². The van der Waals surface area contributed by atoms with Crippen molar-refractivity contribution in [2.24, 2.45) is 11.8 Å². The lowest BCUT2D eigenvalue weighted by atomic mass is 10.0. The zero-order valence-electron chi connectivity index (χ0n) is 10.6. The first kappa shape index (κ1) is 13.2. The molecule has 1 aliphatic rings. The minimum Gasteiger partial charge on any atom is -0.346 e. The SMILES string of the molecule is CCCC(NC(=O)[C@H]1CC[C@H](C)C1)C(C)=O. The monoisotopic (exact) mass is 225 g/mol. The topological polar surface area (TPSA) is 46.2 Å². The van der Waals surface area contributed by atoms with E-state index in [1.807, 2.05) is 6.92 Å². The molecule has 0 heterocycles. The lowest BCUT2D eigenvalue weighted by Gasteiger charge is -2.18. The molecule has 1 N–H and O–H groups in total. The Morgan fingerprint density at radius 1 is 1.38 bits per heavy atom. The number of hydrogen-bond acceptors (Lipinski definition) is 2. The number of hydrogen-bond donors (Lipinski definition) is 1. The highest BCUT2D eigenvalue weighted by Crippen LogP contribution is 2.30. The third-order valence-electron chi connectivity index (χ3n) is 3.45. The summed E-state index contributed by atoms with van der Waals surface area (Å²) >= 11 is 0. The van der Waals surface area contributed by atoms with Gasteiger partial charge in [0.2, 0.25) is 5.91 Å². The molecule has 16 heavy (non-hydrogen) atoms. The smallest absolute Gasteiger partial charge is 0.223 e. The average Bonchev–Trinajstić information content (AvgIpc) is 2.64. The standard InChI is InChI=1S/C13H23NO2/c1-4-5-12(10(3)15)14-13(16)11-7-6-9(2)8-11/h9,11-12H,4-8H2,1-3H3,(H,14,16)/t9-,11-,12?/m0/s1. The molecule has 0 aromatic heterocycles. The Morgan fingerprint density at radius 3 is 2.50 bits per heavy atom. The zero-order valence-corrected chi connectivity index (χ0v) is 10.6. The third kappa shape index (κ3) is 3.62. The van der Waals surface area contributed by atoms with Gasteiger partial charge in [-0.05, 0) is 38.5 Å². The summed E-state index contributed by atoms with van der Waals surface area (Å²) in [5, 5.41) is 2.89. The van der Waals surface area contributed by atoms with Crippen molar-refractivity contribution in [3.63, 3.8) is 0 Å². The van der Waals surface area contributed by atoms with Crippen LogP contribution in [-0.4, -0.2) is 17.7 Å². The van der Waals surface area contributed by atoms with Gasteiger partial charge >= 0.3 is 0 Å². The van der Waals surface area contributed by atoms with Crippen molar-refractivity contribution in [3.8, 4) is 0 Å². The molecular formula is C13H23NO2. The van der Waals surface area contributed by atoms with Crippen LogP contribution in [0.2, 0.25) is 0 Å². The van der Waals surface area contributed by atoms with Crippen molar-refractivity contribution in [2.45, 2.75) is 58.9 Å². The molecule has 3 nitrogen and oxygen atoms in total. The maximum Gasteiger partial charge on any atom is 0.223 e. The maximum atomic E-state index is 11.9. The van der Waals surface area contributed by atoms with Gasteiger partial charge < -0.3 is 5.32 Å². The molecule has 92 valence electrons. The first-order valence-corrected chi connectivity index (χ1v) is 6.35. The minimum absolute atomic E-state index is 0.0706. The molecule has 3 atom stereocenters. The molecule has 0 bridgehead atoms. The van der Waals surface area contributed by atoms with Gasteiger partial charge in [-0.2, -0.15) is 0 Å². The fourth-order valence-electron chi connectivity index (χ4n) is 2.40. The van der Waals surface area contributed by atoms with Crippen LogP contribution in [0.1, 0.15) is 52.9 Å². The van der Waals surface area contributed by atoms with Gasteiger partial charge in [-0.3, -0.25) is 9.59 Å². The van der Waals surface area contributed by atoms with E-state index in [2.05, 4.69) is 12.2 Å². The second kappa shape index (κ2) is 6.02. The summed E-state index contributed by atoms with van der Waals surface area (Å²) in [6.07, 6.45) is 4.76. The van der Waals surface area contributed by atoms with E-state index in [1.165, 1.54) is 0 Å². The molecule has 1 rings (SSSR count). The minimum atomic E-state index is -0.270. The number of carbonyl (C=O) groups excluding carboxylic acids is 2. The molecular weight excluding hydrogens is 202 g/mol. The van der Waals surface area contributed by atoms with Crippen LogP contribution >= 0.6 is 0 Å². The number of carbonyl (C=O) groups is 2. The van der Waals surface area contributed by atoms with Gasteiger partial charge in [0.15, 0.2) is 5.78 Å². The number of rotatable bonds is 5. The largest absolute Gasteiger partial charge is 0.346 e. The average molecular weight is 225 g/mol.